The molecule has 2 aromatic rings. The van der Waals surface area contributed by atoms with Gasteiger partial charge in [-0.05, 0) is 18.1 Å². The van der Waals surface area contributed by atoms with Gasteiger partial charge in [0.25, 0.3) is 0 Å². The fourth-order valence-corrected chi connectivity index (χ4v) is 3.63. The molecule has 0 radical (unpaired) electrons. The molecule has 1 aliphatic heterocycles. The van der Waals surface area contributed by atoms with Gasteiger partial charge in [-0.3, -0.25) is 9.59 Å². The number of benzene rings is 1. The predicted octanol–water partition coefficient (Wildman–Crippen LogP) is 0.542. The summed E-state index contributed by atoms with van der Waals surface area (Å²) >= 11 is 1.24. The van der Waals surface area contributed by atoms with Crippen molar-refractivity contribution in [2.75, 3.05) is 17.2 Å². The second-order valence-corrected chi connectivity index (χ2v) is 6.40. The number of nitrogens with zero attached hydrogens (tertiary/aromatic N) is 3. The number of para-hydroxylation sites is 1. The summed E-state index contributed by atoms with van der Waals surface area (Å²) in [6, 6.07) is 7.87. The number of aliphatic hydroxyl groups excluding tert-OH is 1. The van der Waals surface area contributed by atoms with E-state index in [2.05, 4.69) is 4.98 Å². The van der Waals surface area contributed by atoms with Gasteiger partial charge < -0.3 is 20.3 Å². The van der Waals surface area contributed by atoms with Crippen molar-refractivity contribution in [2.24, 2.45) is 5.73 Å². The van der Waals surface area contributed by atoms with Crippen LogP contribution in [-0.4, -0.2) is 38.8 Å². The van der Waals surface area contributed by atoms with Gasteiger partial charge >= 0.3 is 0 Å². The molecule has 0 saturated carbocycles. The fourth-order valence-electron chi connectivity index (χ4n) is 2.76. The smallest absolute Gasteiger partial charge is 0.237 e. The number of primary amides is 1. The van der Waals surface area contributed by atoms with Crippen molar-refractivity contribution in [3.63, 3.8) is 0 Å². The average molecular weight is 346 g/mol. The lowest BCUT2D eigenvalue weighted by Gasteiger charge is -2.17. The normalized spacial score (nSPS) is 13.1. The van der Waals surface area contributed by atoms with Crippen LogP contribution in [0.4, 0.5) is 5.69 Å². The van der Waals surface area contributed by atoms with Crippen LogP contribution in [0.3, 0.4) is 0 Å². The van der Waals surface area contributed by atoms with E-state index >= 15 is 0 Å². The van der Waals surface area contributed by atoms with Crippen LogP contribution in [0, 0.1) is 0 Å². The maximum Gasteiger partial charge on any atom is 0.237 e. The molecule has 7 nitrogen and oxygen atoms in total. The van der Waals surface area contributed by atoms with E-state index in [-0.39, 0.29) is 24.8 Å². The highest BCUT2D eigenvalue weighted by atomic mass is 32.2. The monoisotopic (exact) mass is 346 g/mol. The van der Waals surface area contributed by atoms with Crippen LogP contribution in [0.2, 0.25) is 0 Å². The minimum Gasteiger partial charge on any atom is -0.390 e. The number of aromatic nitrogens is 2. The Morgan fingerprint density at radius 1 is 1.33 bits per heavy atom. The molecule has 0 fully saturated rings. The second kappa shape index (κ2) is 7.06. The molecule has 0 unspecified atom stereocenters. The molecule has 24 heavy (non-hydrogen) atoms. The summed E-state index contributed by atoms with van der Waals surface area (Å²) in [6.07, 6.45) is 2.35. The lowest BCUT2D eigenvalue weighted by atomic mass is 10.2. The Hall–Kier alpha value is -2.32. The molecule has 0 bridgehead atoms. The lowest BCUT2D eigenvalue weighted by molar-refractivity contribution is -0.118. The van der Waals surface area contributed by atoms with Crippen molar-refractivity contribution in [2.45, 2.75) is 24.7 Å². The van der Waals surface area contributed by atoms with Crippen LogP contribution in [0.15, 0.2) is 35.6 Å². The minimum atomic E-state index is -0.524. The Morgan fingerprint density at radius 3 is 2.88 bits per heavy atom. The molecule has 3 N–H and O–H groups in total. The number of nitrogens with two attached hydrogens (primary N) is 1. The van der Waals surface area contributed by atoms with Crippen LogP contribution < -0.4 is 10.6 Å². The third kappa shape index (κ3) is 3.29. The first kappa shape index (κ1) is 16.5. The zero-order valence-corrected chi connectivity index (χ0v) is 13.8. The van der Waals surface area contributed by atoms with E-state index in [0.29, 0.717) is 17.4 Å². The summed E-state index contributed by atoms with van der Waals surface area (Å²) in [5, 5.41) is 9.81. The Balaban J connectivity index is 1.69. The van der Waals surface area contributed by atoms with E-state index in [1.807, 2.05) is 24.3 Å². The maximum atomic E-state index is 12.5. The topological polar surface area (TPSA) is 101 Å². The number of rotatable bonds is 6. The second-order valence-electron chi connectivity index (χ2n) is 5.46. The van der Waals surface area contributed by atoms with Gasteiger partial charge in [-0.25, -0.2) is 4.98 Å². The highest BCUT2D eigenvalue weighted by Gasteiger charge is 2.24. The summed E-state index contributed by atoms with van der Waals surface area (Å²) in [5.74, 6) is -0.330. The first-order valence-electron chi connectivity index (χ1n) is 7.54. The predicted molar refractivity (Wildman–Crippen MR) is 90.6 cm³/mol. The highest BCUT2D eigenvalue weighted by molar-refractivity contribution is 7.99. The molecule has 1 aliphatic rings. The molecular weight excluding hydrogens is 328 g/mol. The van der Waals surface area contributed by atoms with E-state index in [4.69, 9.17) is 5.73 Å². The molecule has 8 heteroatoms. The number of carbonyl (C=O) groups is 2. The number of hydrogen-bond donors (Lipinski definition) is 2. The number of amides is 2. The fraction of sp³-hybridized carbons (Fsp3) is 0.312. The molecule has 2 heterocycles. The van der Waals surface area contributed by atoms with Crippen molar-refractivity contribution >= 4 is 29.3 Å². The summed E-state index contributed by atoms with van der Waals surface area (Å²) in [7, 11) is 0. The summed E-state index contributed by atoms with van der Waals surface area (Å²) in [6.45, 7) is 0.365. The van der Waals surface area contributed by atoms with E-state index in [0.717, 1.165) is 12.1 Å². The largest absolute Gasteiger partial charge is 0.390 e. The molecule has 126 valence electrons. The van der Waals surface area contributed by atoms with Gasteiger partial charge in [0.15, 0.2) is 5.16 Å². The van der Waals surface area contributed by atoms with Crippen LogP contribution in [0.5, 0.6) is 0 Å². The van der Waals surface area contributed by atoms with E-state index in [1.165, 1.54) is 28.1 Å². The van der Waals surface area contributed by atoms with Gasteiger partial charge in [0.05, 0.1) is 24.3 Å². The van der Waals surface area contributed by atoms with Gasteiger partial charge in [0.2, 0.25) is 11.8 Å². The van der Waals surface area contributed by atoms with Gasteiger partial charge in [0.1, 0.15) is 6.54 Å². The molecule has 3 rings (SSSR count). The van der Waals surface area contributed by atoms with Crippen molar-refractivity contribution < 1.29 is 14.7 Å². The molecule has 1 aromatic heterocycles. The SMILES string of the molecule is NC(=O)Cn1c(CO)cnc1SCC(=O)N1CCc2ccccc21. The third-order valence-corrected chi connectivity index (χ3v) is 4.87. The van der Waals surface area contributed by atoms with Gasteiger partial charge in [0, 0.05) is 12.2 Å². The molecule has 2 amide bonds. The lowest BCUT2D eigenvalue weighted by Crippen LogP contribution is -2.30. The minimum absolute atomic E-state index is 0.0101. The number of fused-ring (bicyclic) bond motifs is 1. The maximum absolute atomic E-state index is 12.5. The van der Waals surface area contributed by atoms with E-state index in [9.17, 15) is 14.7 Å². The quantitative estimate of drug-likeness (QED) is 0.744. The Bertz CT molecular complexity index is 774. The number of imidazole rings is 1. The number of carbonyl (C=O) groups excluding carboxylic acids is 2. The van der Waals surface area contributed by atoms with Crippen LogP contribution >= 0.6 is 11.8 Å². The number of aliphatic hydroxyl groups is 1. The van der Waals surface area contributed by atoms with E-state index < -0.39 is 5.91 Å². The zero-order chi connectivity index (χ0) is 17.1. The van der Waals surface area contributed by atoms with Crippen molar-refractivity contribution in [3.8, 4) is 0 Å². The number of thioether (sulfide) groups is 1. The zero-order valence-electron chi connectivity index (χ0n) is 13.0. The number of anilines is 1. The van der Waals surface area contributed by atoms with Crippen LogP contribution in [-0.2, 0) is 29.2 Å². The Morgan fingerprint density at radius 2 is 2.12 bits per heavy atom. The van der Waals surface area contributed by atoms with Crippen LogP contribution in [0.1, 0.15) is 11.3 Å². The van der Waals surface area contributed by atoms with Crippen LogP contribution in [0.25, 0.3) is 0 Å². The van der Waals surface area contributed by atoms with Crippen molar-refractivity contribution in [3.05, 3.63) is 41.7 Å². The van der Waals surface area contributed by atoms with Gasteiger partial charge in [-0.2, -0.15) is 0 Å². The van der Waals surface area contributed by atoms with Gasteiger partial charge in [-0.15, -0.1) is 0 Å². The summed E-state index contributed by atoms with van der Waals surface area (Å²) in [4.78, 5) is 29.6. The highest BCUT2D eigenvalue weighted by Crippen LogP contribution is 2.28. The van der Waals surface area contributed by atoms with E-state index in [1.54, 1.807) is 4.90 Å². The van der Waals surface area contributed by atoms with Crippen molar-refractivity contribution in [1.82, 2.24) is 9.55 Å². The van der Waals surface area contributed by atoms with Gasteiger partial charge in [-0.1, -0.05) is 30.0 Å². The standard InChI is InChI=1S/C16H18N4O3S/c17-14(22)8-20-12(9-21)7-18-16(20)24-10-15(23)19-6-5-11-3-1-2-4-13(11)19/h1-4,7,21H,5-6,8-10H2,(H2,17,22). The third-order valence-electron chi connectivity index (χ3n) is 3.89. The molecule has 0 saturated heterocycles. The molecule has 0 aliphatic carbocycles. The number of hydrogen-bond acceptors (Lipinski definition) is 5. The average Bonchev–Trinajstić information content (AvgIpc) is 3.16. The molecule has 1 aromatic carbocycles. The first-order chi connectivity index (χ1) is 11.6. The Labute approximate surface area is 143 Å². The molecule has 0 spiro atoms. The van der Waals surface area contributed by atoms with Crippen molar-refractivity contribution in [1.29, 1.82) is 0 Å². The summed E-state index contributed by atoms with van der Waals surface area (Å²) < 4.78 is 1.54. The summed E-state index contributed by atoms with van der Waals surface area (Å²) in [5.41, 5.74) is 7.86. The first-order valence-corrected chi connectivity index (χ1v) is 8.53. The Kier molecular flexibility index (Phi) is 4.86. The molecular formula is C16H18N4O3S. The molecule has 0 atom stereocenters.